The third-order valence-corrected chi connectivity index (χ3v) is 4.55. The van der Waals surface area contributed by atoms with E-state index in [-0.39, 0.29) is 25.3 Å². The van der Waals surface area contributed by atoms with Crippen molar-refractivity contribution in [3.05, 3.63) is 72.3 Å². The highest BCUT2D eigenvalue weighted by Crippen LogP contribution is 2.35. The normalized spacial score (nSPS) is 15.7. The van der Waals surface area contributed by atoms with Crippen LogP contribution in [0.3, 0.4) is 0 Å². The van der Waals surface area contributed by atoms with Crippen molar-refractivity contribution in [2.75, 3.05) is 18.1 Å². The molecule has 3 aromatic rings. The molecule has 9 heteroatoms. The van der Waals surface area contributed by atoms with Crippen molar-refractivity contribution in [1.29, 1.82) is 0 Å². The minimum atomic E-state index is -1.90. The predicted octanol–water partition coefficient (Wildman–Crippen LogP) is 1.87. The molecule has 0 spiro atoms. The fourth-order valence-electron chi connectivity index (χ4n) is 3.26. The SMILES string of the molecule is O=C1COc2ccccc2N1CC(O)(Cn1cncn1)c1ccc(F)cc1F. The number of carbonyl (C=O) groups excluding carboxylic acids is 1. The van der Waals surface area contributed by atoms with Gasteiger partial charge in [-0.3, -0.25) is 4.79 Å². The van der Waals surface area contributed by atoms with E-state index >= 15 is 0 Å². The van der Waals surface area contributed by atoms with Crippen molar-refractivity contribution in [1.82, 2.24) is 14.8 Å². The van der Waals surface area contributed by atoms with Crippen LogP contribution in [0, 0.1) is 11.6 Å². The quantitative estimate of drug-likeness (QED) is 0.724. The summed E-state index contributed by atoms with van der Waals surface area (Å²) in [6.45, 7) is -0.681. The van der Waals surface area contributed by atoms with Gasteiger partial charge in [0, 0.05) is 11.6 Å². The molecule has 7 nitrogen and oxygen atoms in total. The van der Waals surface area contributed by atoms with Crippen LogP contribution in [-0.2, 0) is 16.9 Å². The lowest BCUT2D eigenvalue weighted by atomic mass is 9.91. The summed E-state index contributed by atoms with van der Waals surface area (Å²) in [5.74, 6) is -1.60. The van der Waals surface area contributed by atoms with Gasteiger partial charge in [0.25, 0.3) is 5.91 Å². The highest BCUT2D eigenvalue weighted by molar-refractivity contribution is 5.97. The second-order valence-electron chi connectivity index (χ2n) is 6.49. The first-order valence-corrected chi connectivity index (χ1v) is 8.49. The Morgan fingerprint density at radius 2 is 2.00 bits per heavy atom. The first kappa shape index (κ1) is 18.1. The molecule has 0 fully saturated rings. The molecule has 0 bridgehead atoms. The molecule has 1 aliphatic rings. The summed E-state index contributed by atoms with van der Waals surface area (Å²) in [5, 5.41) is 15.4. The number of aliphatic hydroxyl groups is 1. The molecule has 1 amide bonds. The maximum absolute atomic E-state index is 14.5. The predicted molar refractivity (Wildman–Crippen MR) is 94.6 cm³/mol. The topological polar surface area (TPSA) is 80.5 Å². The summed E-state index contributed by atoms with van der Waals surface area (Å²) in [5.41, 5.74) is -1.59. The first-order valence-electron chi connectivity index (χ1n) is 8.49. The van der Waals surface area contributed by atoms with Gasteiger partial charge in [-0.25, -0.2) is 18.4 Å². The summed E-state index contributed by atoms with van der Waals surface area (Å²) in [6.07, 6.45) is 2.64. The third-order valence-electron chi connectivity index (χ3n) is 4.55. The molecular weight excluding hydrogens is 370 g/mol. The van der Waals surface area contributed by atoms with Crippen LogP contribution in [0.4, 0.5) is 14.5 Å². The number of fused-ring (bicyclic) bond motifs is 1. The highest BCUT2D eigenvalue weighted by atomic mass is 19.1. The number of hydrogen-bond donors (Lipinski definition) is 1. The van der Waals surface area contributed by atoms with Crippen LogP contribution in [0.1, 0.15) is 5.56 Å². The molecule has 1 unspecified atom stereocenters. The molecule has 1 aromatic heterocycles. The number of aromatic nitrogens is 3. The van der Waals surface area contributed by atoms with Crippen molar-refractivity contribution in [2.45, 2.75) is 12.1 Å². The maximum atomic E-state index is 14.5. The number of para-hydroxylation sites is 2. The number of ether oxygens (including phenoxy) is 1. The number of amides is 1. The van der Waals surface area contributed by atoms with E-state index in [1.807, 2.05) is 0 Å². The monoisotopic (exact) mass is 386 g/mol. The largest absolute Gasteiger partial charge is 0.482 e. The molecule has 0 radical (unpaired) electrons. The zero-order chi connectivity index (χ0) is 19.7. The van der Waals surface area contributed by atoms with Gasteiger partial charge < -0.3 is 14.7 Å². The Labute approximate surface area is 158 Å². The number of rotatable bonds is 5. The third kappa shape index (κ3) is 3.31. The standard InChI is InChI=1S/C19H16F2N4O3/c20-13-5-6-14(15(21)7-13)19(27,9-24-12-22-11-23-24)10-25-16-3-1-2-4-17(16)28-8-18(25)26/h1-7,11-12,27H,8-10H2. The van der Waals surface area contributed by atoms with E-state index in [9.17, 15) is 18.7 Å². The smallest absolute Gasteiger partial charge is 0.265 e. The number of hydrogen-bond acceptors (Lipinski definition) is 5. The highest BCUT2D eigenvalue weighted by Gasteiger charge is 2.39. The van der Waals surface area contributed by atoms with E-state index in [4.69, 9.17) is 4.74 Å². The minimum Gasteiger partial charge on any atom is -0.482 e. The Bertz CT molecular complexity index is 1010. The van der Waals surface area contributed by atoms with Gasteiger partial charge in [0.1, 0.15) is 35.6 Å². The molecule has 1 atom stereocenters. The second kappa shape index (κ2) is 7.01. The summed E-state index contributed by atoms with van der Waals surface area (Å²) in [7, 11) is 0. The van der Waals surface area contributed by atoms with Crippen LogP contribution in [0.25, 0.3) is 0 Å². The van der Waals surface area contributed by atoms with Crippen molar-refractivity contribution in [3.8, 4) is 5.75 Å². The van der Waals surface area contributed by atoms with Gasteiger partial charge in [-0.05, 0) is 18.2 Å². The lowest BCUT2D eigenvalue weighted by Crippen LogP contribution is -2.49. The van der Waals surface area contributed by atoms with Gasteiger partial charge in [-0.15, -0.1) is 0 Å². The van der Waals surface area contributed by atoms with Gasteiger partial charge in [0.05, 0.1) is 18.8 Å². The average molecular weight is 386 g/mol. The Morgan fingerprint density at radius 1 is 1.18 bits per heavy atom. The summed E-state index contributed by atoms with van der Waals surface area (Å²) < 4.78 is 34.7. The van der Waals surface area contributed by atoms with Gasteiger partial charge in [-0.2, -0.15) is 5.10 Å². The Hall–Kier alpha value is -3.33. The minimum absolute atomic E-state index is 0.152. The molecule has 1 N–H and O–H groups in total. The van der Waals surface area contributed by atoms with E-state index in [1.165, 1.54) is 28.3 Å². The van der Waals surface area contributed by atoms with Gasteiger partial charge >= 0.3 is 0 Å². The zero-order valence-corrected chi connectivity index (χ0v) is 14.6. The molecule has 0 aliphatic carbocycles. The molecule has 2 heterocycles. The molecular formula is C19H16F2N4O3. The lowest BCUT2D eigenvalue weighted by Gasteiger charge is -2.37. The van der Waals surface area contributed by atoms with Crippen LogP contribution < -0.4 is 9.64 Å². The van der Waals surface area contributed by atoms with Gasteiger partial charge in [0.2, 0.25) is 0 Å². The molecule has 0 saturated heterocycles. The van der Waals surface area contributed by atoms with E-state index < -0.39 is 23.1 Å². The van der Waals surface area contributed by atoms with Gasteiger partial charge in [0.15, 0.2) is 6.61 Å². The van der Waals surface area contributed by atoms with Gasteiger partial charge in [-0.1, -0.05) is 18.2 Å². The van der Waals surface area contributed by atoms with E-state index in [1.54, 1.807) is 24.3 Å². The molecule has 0 saturated carbocycles. The van der Waals surface area contributed by atoms with Crippen LogP contribution >= 0.6 is 0 Å². The molecule has 28 heavy (non-hydrogen) atoms. The summed E-state index contributed by atoms with van der Waals surface area (Å²) in [4.78, 5) is 17.7. The molecule has 4 rings (SSSR count). The number of benzene rings is 2. The number of β-amino-alcohol motifs (C(OH)–C–C–N with tert-alkyl or cyclic N) is 1. The van der Waals surface area contributed by atoms with Crippen LogP contribution in [0.2, 0.25) is 0 Å². The number of halogens is 2. The second-order valence-corrected chi connectivity index (χ2v) is 6.49. The summed E-state index contributed by atoms with van der Waals surface area (Å²) >= 11 is 0. The number of nitrogens with zero attached hydrogens (tertiary/aromatic N) is 4. The van der Waals surface area contributed by atoms with E-state index in [0.717, 1.165) is 6.07 Å². The van der Waals surface area contributed by atoms with E-state index in [2.05, 4.69) is 10.1 Å². The number of anilines is 1. The van der Waals surface area contributed by atoms with Crippen LogP contribution in [0.15, 0.2) is 55.1 Å². The van der Waals surface area contributed by atoms with Crippen molar-refractivity contribution >= 4 is 11.6 Å². The molecule has 1 aliphatic heterocycles. The maximum Gasteiger partial charge on any atom is 0.265 e. The molecule has 144 valence electrons. The summed E-state index contributed by atoms with van der Waals surface area (Å²) in [6, 6.07) is 9.76. The fourth-order valence-corrected chi connectivity index (χ4v) is 3.26. The Balaban J connectivity index is 1.77. The van der Waals surface area contributed by atoms with Crippen molar-refractivity contribution in [3.63, 3.8) is 0 Å². The van der Waals surface area contributed by atoms with Crippen LogP contribution in [-0.4, -0.2) is 38.9 Å². The molecule has 2 aromatic carbocycles. The Kier molecular flexibility index (Phi) is 4.52. The zero-order valence-electron chi connectivity index (χ0n) is 14.6. The van der Waals surface area contributed by atoms with Crippen LogP contribution in [0.5, 0.6) is 5.75 Å². The van der Waals surface area contributed by atoms with Crippen molar-refractivity contribution < 1.29 is 23.4 Å². The van der Waals surface area contributed by atoms with E-state index in [0.29, 0.717) is 17.5 Å². The number of carbonyl (C=O) groups is 1. The first-order chi connectivity index (χ1) is 13.5. The fraction of sp³-hybridized carbons (Fsp3) is 0.211. The average Bonchev–Trinajstić information content (AvgIpc) is 3.16. The Morgan fingerprint density at radius 3 is 2.75 bits per heavy atom. The lowest BCUT2D eigenvalue weighted by molar-refractivity contribution is -0.122. The van der Waals surface area contributed by atoms with Crippen molar-refractivity contribution in [2.24, 2.45) is 0 Å².